The quantitative estimate of drug-likeness (QED) is 0.828. The standard InChI is InChI=1S/C16H17BrN2O3S/c1-10(2)11-4-3-5-12(8-11)19-16(20)14-9-13(23(18,21)22)6-7-15(14)17/h3-10H,1-2H3,(H,19,20)(H2,18,21,22). The first-order chi connectivity index (χ1) is 10.7. The van der Waals surface area contributed by atoms with Gasteiger partial charge in [0.1, 0.15) is 0 Å². The fourth-order valence-corrected chi connectivity index (χ4v) is 3.00. The lowest BCUT2D eigenvalue weighted by Crippen LogP contribution is -2.16. The van der Waals surface area contributed by atoms with Crippen molar-refractivity contribution in [2.24, 2.45) is 5.14 Å². The zero-order valence-corrected chi connectivity index (χ0v) is 15.1. The van der Waals surface area contributed by atoms with E-state index in [9.17, 15) is 13.2 Å². The Kier molecular flexibility index (Phi) is 5.23. The molecule has 0 aliphatic heterocycles. The van der Waals surface area contributed by atoms with Crippen LogP contribution < -0.4 is 10.5 Å². The minimum atomic E-state index is -3.87. The van der Waals surface area contributed by atoms with Gasteiger partial charge >= 0.3 is 0 Å². The molecular weight excluding hydrogens is 380 g/mol. The van der Waals surface area contributed by atoms with E-state index in [1.54, 1.807) is 6.07 Å². The van der Waals surface area contributed by atoms with Gasteiger partial charge < -0.3 is 5.32 Å². The van der Waals surface area contributed by atoms with Crippen LogP contribution in [0.3, 0.4) is 0 Å². The molecule has 2 rings (SSSR count). The molecule has 0 bridgehead atoms. The molecule has 122 valence electrons. The highest BCUT2D eigenvalue weighted by Crippen LogP contribution is 2.23. The van der Waals surface area contributed by atoms with E-state index in [-0.39, 0.29) is 10.5 Å². The van der Waals surface area contributed by atoms with Crippen molar-refractivity contribution in [2.75, 3.05) is 5.32 Å². The molecule has 2 aromatic carbocycles. The number of benzene rings is 2. The number of primary sulfonamides is 1. The van der Waals surface area contributed by atoms with Crippen LogP contribution in [0.4, 0.5) is 5.69 Å². The number of nitrogens with two attached hydrogens (primary N) is 1. The van der Waals surface area contributed by atoms with Crippen molar-refractivity contribution in [3.8, 4) is 0 Å². The first kappa shape index (κ1) is 17.7. The summed E-state index contributed by atoms with van der Waals surface area (Å²) in [4.78, 5) is 12.3. The summed E-state index contributed by atoms with van der Waals surface area (Å²) in [6, 6.07) is 11.6. The maximum Gasteiger partial charge on any atom is 0.256 e. The molecule has 1 amide bonds. The van der Waals surface area contributed by atoms with Crippen LogP contribution in [0.2, 0.25) is 0 Å². The molecule has 0 saturated heterocycles. The predicted molar refractivity (Wildman–Crippen MR) is 94.0 cm³/mol. The Morgan fingerprint density at radius 1 is 1.17 bits per heavy atom. The third kappa shape index (κ3) is 4.40. The summed E-state index contributed by atoms with van der Waals surface area (Å²) in [5, 5.41) is 7.88. The van der Waals surface area contributed by atoms with Crippen LogP contribution in [0.25, 0.3) is 0 Å². The Labute approximate surface area is 144 Å². The summed E-state index contributed by atoms with van der Waals surface area (Å²) in [6.07, 6.45) is 0. The molecule has 0 atom stereocenters. The van der Waals surface area contributed by atoms with E-state index >= 15 is 0 Å². The molecule has 0 aliphatic carbocycles. The van der Waals surface area contributed by atoms with Crippen molar-refractivity contribution < 1.29 is 13.2 Å². The fraction of sp³-hybridized carbons (Fsp3) is 0.188. The van der Waals surface area contributed by atoms with Crippen LogP contribution in [0.15, 0.2) is 51.8 Å². The van der Waals surface area contributed by atoms with Crippen LogP contribution in [-0.4, -0.2) is 14.3 Å². The minimum absolute atomic E-state index is 0.109. The van der Waals surface area contributed by atoms with E-state index in [0.717, 1.165) is 5.56 Å². The van der Waals surface area contributed by atoms with Gasteiger partial charge in [-0.25, -0.2) is 13.6 Å². The Morgan fingerprint density at radius 2 is 1.87 bits per heavy atom. The predicted octanol–water partition coefficient (Wildman–Crippen LogP) is 3.47. The first-order valence-electron chi connectivity index (χ1n) is 6.92. The number of halogens is 1. The number of carbonyl (C=O) groups is 1. The van der Waals surface area contributed by atoms with Crippen LogP contribution in [0.5, 0.6) is 0 Å². The molecular formula is C16H17BrN2O3S. The smallest absolute Gasteiger partial charge is 0.256 e. The Bertz CT molecular complexity index is 848. The second kappa shape index (κ2) is 6.82. The fourth-order valence-electron chi connectivity index (χ4n) is 2.03. The Hall–Kier alpha value is -1.70. The maximum atomic E-state index is 12.4. The van der Waals surface area contributed by atoms with Gasteiger partial charge in [-0.05, 0) is 57.7 Å². The van der Waals surface area contributed by atoms with E-state index < -0.39 is 15.9 Å². The van der Waals surface area contributed by atoms with Gasteiger partial charge in [0.25, 0.3) is 5.91 Å². The van der Waals surface area contributed by atoms with Crippen molar-refractivity contribution in [1.82, 2.24) is 0 Å². The number of nitrogens with one attached hydrogen (secondary N) is 1. The largest absolute Gasteiger partial charge is 0.322 e. The Balaban J connectivity index is 2.33. The molecule has 0 heterocycles. The highest BCUT2D eigenvalue weighted by molar-refractivity contribution is 9.10. The van der Waals surface area contributed by atoms with Crippen molar-refractivity contribution >= 4 is 37.5 Å². The SMILES string of the molecule is CC(C)c1cccc(NC(=O)c2cc(S(N)(=O)=O)ccc2Br)c1. The summed E-state index contributed by atoms with van der Waals surface area (Å²) in [5.41, 5.74) is 1.95. The molecule has 2 aromatic rings. The number of amides is 1. The van der Waals surface area contributed by atoms with Gasteiger partial charge in [0.2, 0.25) is 10.0 Å². The summed E-state index contributed by atoms with van der Waals surface area (Å²) in [6.45, 7) is 4.13. The lowest BCUT2D eigenvalue weighted by molar-refractivity contribution is 0.102. The maximum absolute atomic E-state index is 12.4. The number of rotatable bonds is 4. The van der Waals surface area contributed by atoms with Gasteiger partial charge in [0, 0.05) is 10.2 Å². The first-order valence-corrected chi connectivity index (χ1v) is 9.26. The van der Waals surface area contributed by atoms with Crippen LogP contribution in [0, 0.1) is 0 Å². The molecule has 0 aromatic heterocycles. The van der Waals surface area contributed by atoms with Crippen molar-refractivity contribution in [3.63, 3.8) is 0 Å². The normalized spacial score (nSPS) is 11.5. The van der Waals surface area contributed by atoms with E-state index in [0.29, 0.717) is 16.1 Å². The number of anilines is 1. The molecule has 0 spiro atoms. The molecule has 0 radical (unpaired) electrons. The summed E-state index contributed by atoms with van der Waals surface area (Å²) >= 11 is 3.25. The lowest BCUT2D eigenvalue weighted by atomic mass is 10.0. The molecule has 23 heavy (non-hydrogen) atoms. The van der Waals surface area contributed by atoms with E-state index in [1.807, 2.05) is 18.2 Å². The monoisotopic (exact) mass is 396 g/mol. The number of carbonyl (C=O) groups excluding carboxylic acids is 1. The van der Waals surface area contributed by atoms with E-state index in [2.05, 4.69) is 35.1 Å². The minimum Gasteiger partial charge on any atom is -0.322 e. The zero-order chi connectivity index (χ0) is 17.2. The molecule has 0 aliphatic rings. The van der Waals surface area contributed by atoms with Crippen molar-refractivity contribution in [1.29, 1.82) is 0 Å². The number of hydrogen-bond acceptors (Lipinski definition) is 3. The molecule has 7 heteroatoms. The molecule has 0 fully saturated rings. The van der Waals surface area contributed by atoms with Gasteiger partial charge in [-0.15, -0.1) is 0 Å². The second-order valence-corrected chi connectivity index (χ2v) is 7.84. The summed E-state index contributed by atoms with van der Waals surface area (Å²) in [7, 11) is -3.87. The van der Waals surface area contributed by atoms with Gasteiger partial charge in [-0.3, -0.25) is 4.79 Å². The third-order valence-electron chi connectivity index (χ3n) is 3.32. The van der Waals surface area contributed by atoms with Crippen molar-refractivity contribution in [3.05, 3.63) is 58.1 Å². The highest BCUT2D eigenvalue weighted by atomic mass is 79.9. The molecule has 0 unspecified atom stereocenters. The summed E-state index contributed by atoms with van der Waals surface area (Å²) in [5.74, 6) is -0.0763. The van der Waals surface area contributed by atoms with Gasteiger partial charge in [0.05, 0.1) is 10.5 Å². The van der Waals surface area contributed by atoms with Gasteiger partial charge in [0.15, 0.2) is 0 Å². The zero-order valence-electron chi connectivity index (χ0n) is 12.7. The average Bonchev–Trinajstić information content (AvgIpc) is 2.46. The topological polar surface area (TPSA) is 89.3 Å². The van der Waals surface area contributed by atoms with Crippen LogP contribution in [0.1, 0.15) is 35.7 Å². The van der Waals surface area contributed by atoms with Gasteiger partial charge in [-0.2, -0.15) is 0 Å². The van der Waals surface area contributed by atoms with Crippen LogP contribution >= 0.6 is 15.9 Å². The van der Waals surface area contributed by atoms with E-state index in [4.69, 9.17) is 5.14 Å². The molecule has 0 saturated carbocycles. The Morgan fingerprint density at radius 3 is 2.48 bits per heavy atom. The number of hydrogen-bond donors (Lipinski definition) is 2. The lowest BCUT2D eigenvalue weighted by Gasteiger charge is -2.11. The second-order valence-electron chi connectivity index (χ2n) is 5.42. The van der Waals surface area contributed by atoms with Crippen LogP contribution in [-0.2, 0) is 10.0 Å². The third-order valence-corrected chi connectivity index (χ3v) is 4.92. The molecule has 5 nitrogen and oxygen atoms in total. The molecule has 3 N–H and O–H groups in total. The number of sulfonamides is 1. The summed E-state index contributed by atoms with van der Waals surface area (Å²) < 4.78 is 23.3. The highest BCUT2D eigenvalue weighted by Gasteiger charge is 2.16. The average molecular weight is 397 g/mol. The van der Waals surface area contributed by atoms with Gasteiger partial charge in [-0.1, -0.05) is 26.0 Å². The van der Waals surface area contributed by atoms with E-state index in [1.165, 1.54) is 18.2 Å². The van der Waals surface area contributed by atoms with Crippen molar-refractivity contribution in [2.45, 2.75) is 24.7 Å².